The van der Waals surface area contributed by atoms with Crippen molar-refractivity contribution in [3.63, 3.8) is 0 Å². The van der Waals surface area contributed by atoms with Gasteiger partial charge in [0.2, 0.25) is 0 Å². The van der Waals surface area contributed by atoms with E-state index >= 15 is 0 Å². The summed E-state index contributed by atoms with van der Waals surface area (Å²) in [5.74, 6) is -5.09. The summed E-state index contributed by atoms with van der Waals surface area (Å²) < 4.78 is 36.0. The second-order valence-corrected chi connectivity index (χ2v) is 3.92. The maximum Gasteiger partial charge on any atom is 0.380 e. The second-order valence-electron chi connectivity index (χ2n) is 3.92. The molecule has 0 aliphatic heterocycles. The Morgan fingerprint density at radius 2 is 2.00 bits per heavy atom. The first kappa shape index (κ1) is 16.1. The molecule has 4 nitrogen and oxygen atoms in total. The summed E-state index contributed by atoms with van der Waals surface area (Å²) in [5, 5.41) is 9.37. The maximum atomic E-state index is 13.4. The van der Waals surface area contributed by atoms with Gasteiger partial charge in [0.05, 0.1) is 13.7 Å². The lowest BCUT2D eigenvalue weighted by atomic mass is 10.1. The zero-order valence-electron chi connectivity index (χ0n) is 11.2. The lowest BCUT2D eigenvalue weighted by Crippen LogP contribution is -2.41. The molecule has 0 aliphatic rings. The van der Waals surface area contributed by atoms with E-state index in [0.717, 1.165) is 6.08 Å². The van der Waals surface area contributed by atoms with Gasteiger partial charge in [0.1, 0.15) is 11.9 Å². The molecule has 1 rings (SSSR count). The Kier molecular flexibility index (Phi) is 5.64. The molecule has 110 valence electrons. The van der Waals surface area contributed by atoms with Crippen molar-refractivity contribution in [2.45, 2.75) is 19.0 Å². The van der Waals surface area contributed by atoms with Crippen molar-refractivity contribution in [1.82, 2.24) is 0 Å². The van der Waals surface area contributed by atoms with Crippen molar-refractivity contribution in [2.75, 3.05) is 13.7 Å². The highest BCUT2D eigenvalue weighted by atomic mass is 19.3. The van der Waals surface area contributed by atoms with Gasteiger partial charge in [-0.05, 0) is 30.7 Å². The predicted molar refractivity (Wildman–Crippen MR) is 69.6 cm³/mol. The quantitative estimate of drug-likeness (QED) is 0.815. The highest BCUT2D eigenvalue weighted by molar-refractivity contribution is 5.79. The maximum absolute atomic E-state index is 13.4. The Bertz CT molecular complexity index is 469. The SMILES string of the molecule is CCOC(=O)C(F)(F)C(O)/C=C/c1ccc(OC)cc1. The van der Waals surface area contributed by atoms with Crippen LogP contribution >= 0.6 is 0 Å². The van der Waals surface area contributed by atoms with Crippen LogP contribution < -0.4 is 4.74 Å². The molecule has 0 fully saturated rings. The number of aliphatic hydroxyl groups is 1. The second kappa shape index (κ2) is 7.00. The summed E-state index contributed by atoms with van der Waals surface area (Å²) in [7, 11) is 1.51. The number of aliphatic hydroxyl groups excluding tert-OH is 1. The minimum atomic E-state index is -3.97. The highest BCUT2D eigenvalue weighted by Crippen LogP contribution is 2.22. The fourth-order valence-electron chi connectivity index (χ4n) is 1.39. The summed E-state index contributed by atoms with van der Waals surface area (Å²) in [5.41, 5.74) is 0.588. The van der Waals surface area contributed by atoms with Crippen LogP contribution in [0, 0.1) is 0 Å². The normalized spacial score (nSPS) is 13.2. The lowest BCUT2D eigenvalue weighted by Gasteiger charge is -2.17. The number of methoxy groups -OCH3 is 1. The number of hydrogen-bond acceptors (Lipinski definition) is 4. The number of halogens is 2. The van der Waals surface area contributed by atoms with E-state index in [1.54, 1.807) is 24.3 Å². The van der Waals surface area contributed by atoms with E-state index < -0.39 is 18.0 Å². The molecule has 0 heterocycles. The zero-order chi connectivity index (χ0) is 15.2. The van der Waals surface area contributed by atoms with Crippen molar-refractivity contribution in [3.05, 3.63) is 35.9 Å². The van der Waals surface area contributed by atoms with Gasteiger partial charge in [-0.25, -0.2) is 4.79 Å². The minimum absolute atomic E-state index is 0.177. The number of alkyl halides is 2. The summed E-state index contributed by atoms with van der Waals surface area (Å²) in [6.07, 6.45) is -0.112. The first-order valence-electron chi connectivity index (χ1n) is 5.97. The number of carbonyl (C=O) groups excluding carboxylic acids is 1. The van der Waals surface area contributed by atoms with E-state index in [1.807, 2.05) is 0 Å². The van der Waals surface area contributed by atoms with Crippen LogP contribution in [0.5, 0.6) is 5.75 Å². The van der Waals surface area contributed by atoms with Gasteiger partial charge < -0.3 is 14.6 Å². The summed E-state index contributed by atoms with van der Waals surface area (Å²) >= 11 is 0. The molecular formula is C14H16F2O4. The number of esters is 1. The van der Waals surface area contributed by atoms with E-state index in [-0.39, 0.29) is 6.61 Å². The first-order valence-corrected chi connectivity index (χ1v) is 5.97. The summed E-state index contributed by atoms with van der Waals surface area (Å²) in [6.45, 7) is 1.23. The first-order chi connectivity index (χ1) is 9.41. The third-order valence-electron chi connectivity index (χ3n) is 2.51. The number of rotatable bonds is 6. The van der Waals surface area contributed by atoms with Crippen molar-refractivity contribution in [3.8, 4) is 5.75 Å². The number of carbonyl (C=O) groups is 1. The van der Waals surface area contributed by atoms with Crippen LogP contribution in [0.4, 0.5) is 8.78 Å². The Balaban J connectivity index is 2.74. The van der Waals surface area contributed by atoms with E-state index in [0.29, 0.717) is 11.3 Å². The smallest absolute Gasteiger partial charge is 0.380 e. The number of hydrogen-bond donors (Lipinski definition) is 1. The third-order valence-corrected chi connectivity index (χ3v) is 2.51. The van der Waals surface area contributed by atoms with Gasteiger partial charge >= 0.3 is 11.9 Å². The molecule has 0 aromatic heterocycles. The van der Waals surface area contributed by atoms with Crippen LogP contribution in [0.3, 0.4) is 0 Å². The Hall–Kier alpha value is -1.95. The summed E-state index contributed by atoms with van der Waals surface area (Å²) in [6, 6.07) is 6.56. The van der Waals surface area contributed by atoms with Gasteiger partial charge in [0.25, 0.3) is 0 Å². The molecule has 1 aromatic carbocycles. The number of benzene rings is 1. The zero-order valence-corrected chi connectivity index (χ0v) is 11.2. The molecule has 1 atom stereocenters. The molecule has 0 amide bonds. The predicted octanol–water partition coefficient (Wildman–Crippen LogP) is 2.27. The van der Waals surface area contributed by atoms with Gasteiger partial charge in [0.15, 0.2) is 0 Å². The average molecular weight is 286 g/mol. The lowest BCUT2D eigenvalue weighted by molar-refractivity contribution is -0.183. The molecule has 20 heavy (non-hydrogen) atoms. The van der Waals surface area contributed by atoms with Crippen LogP contribution in [-0.2, 0) is 9.53 Å². The topological polar surface area (TPSA) is 55.8 Å². The molecule has 0 spiro atoms. The highest BCUT2D eigenvalue weighted by Gasteiger charge is 2.46. The molecule has 6 heteroatoms. The van der Waals surface area contributed by atoms with Crippen molar-refractivity contribution in [2.24, 2.45) is 0 Å². The molecule has 1 aromatic rings. The van der Waals surface area contributed by atoms with Gasteiger partial charge in [-0.1, -0.05) is 18.2 Å². The average Bonchev–Trinajstić information content (AvgIpc) is 2.45. The van der Waals surface area contributed by atoms with Crippen LogP contribution in [-0.4, -0.2) is 36.8 Å². The standard InChI is InChI=1S/C14H16F2O4/c1-3-20-13(18)14(15,16)12(17)9-6-10-4-7-11(19-2)8-5-10/h4-9,12,17H,3H2,1-2H3/b9-6+. The Morgan fingerprint density at radius 1 is 1.40 bits per heavy atom. The fraction of sp³-hybridized carbons (Fsp3) is 0.357. The van der Waals surface area contributed by atoms with E-state index in [1.165, 1.54) is 20.1 Å². The van der Waals surface area contributed by atoms with Crippen LogP contribution in [0.1, 0.15) is 12.5 Å². The molecular weight excluding hydrogens is 270 g/mol. The van der Waals surface area contributed by atoms with Crippen LogP contribution in [0.2, 0.25) is 0 Å². The van der Waals surface area contributed by atoms with Gasteiger partial charge in [0, 0.05) is 0 Å². The van der Waals surface area contributed by atoms with E-state index in [4.69, 9.17) is 4.74 Å². The Labute approximate surface area is 115 Å². The minimum Gasteiger partial charge on any atom is -0.497 e. The van der Waals surface area contributed by atoms with Gasteiger partial charge in [-0.2, -0.15) is 8.78 Å². The largest absolute Gasteiger partial charge is 0.497 e. The molecule has 0 saturated heterocycles. The molecule has 0 bridgehead atoms. The molecule has 1 N–H and O–H groups in total. The molecule has 0 saturated carbocycles. The van der Waals surface area contributed by atoms with E-state index in [9.17, 15) is 18.7 Å². The van der Waals surface area contributed by atoms with E-state index in [2.05, 4.69) is 4.74 Å². The van der Waals surface area contributed by atoms with Gasteiger partial charge in [-0.3, -0.25) is 0 Å². The fourth-order valence-corrected chi connectivity index (χ4v) is 1.39. The Morgan fingerprint density at radius 3 is 2.50 bits per heavy atom. The van der Waals surface area contributed by atoms with Crippen LogP contribution in [0.25, 0.3) is 6.08 Å². The van der Waals surface area contributed by atoms with Crippen molar-refractivity contribution < 1.29 is 28.2 Å². The third kappa shape index (κ3) is 4.03. The molecule has 0 aliphatic carbocycles. The monoisotopic (exact) mass is 286 g/mol. The van der Waals surface area contributed by atoms with Crippen molar-refractivity contribution >= 4 is 12.0 Å². The molecule has 1 unspecified atom stereocenters. The van der Waals surface area contributed by atoms with Crippen molar-refractivity contribution in [1.29, 1.82) is 0 Å². The van der Waals surface area contributed by atoms with Crippen LogP contribution in [0.15, 0.2) is 30.3 Å². The van der Waals surface area contributed by atoms with Gasteiger partial charge in [-0.15, -0.1) is 0 Å². The number of ether oxygens (including phenoxy) is 2. The molecule has 0 radical (unpaired) electrons. The summed E-state index contributed by atoms with van der Waals surface area (Å²) in [4.78, 5) is 11.0.